The topological polar surface area (TPSA) is 58.6 Å². The summed E-state index contributed by atoms with van der Waals surface area (Å²) in [5.41, 5.74) is 1.42. The van der Waals surface area contributed by atoms with Crippen LogP contribution in [0.4, 0.5) is 4.39 Å². The van der Waals surface area contributed by atoms with Crippen LogP contribution in [0.5, 0.6) is 5.75 Å². The maximum absolute atomic E-state index is 13.8. The van der Waals surface area contributed by atoms with Crippen LogP contribution in [0.3, 0.4) is 0 Å². The molecule has 0 aliphatic heterocycles. The quantitative estimate of drug-likeness (QED) is 0.789. The molecule has 0 bridgehead atoms. The first-order chi connectivity index (χ1) is 12.5. The minimum absolute atomic E-state index is 0.0608. The van der Waals surface area contributed by atoms with E-state index in [1.165, 1.54) is 17.9 Å². The van der Waals surface area contributed by atoms with E-state index in [-0.39, 0.29) is 24.9 Å². The molecule has 2 aromatic rings. The Labute approximate surface area is 152 Å². The average Bonchev–Trinajstić information content (AvgIpc) is 2.63. The number of nitrogens with zero attached hydrogens (tertiary/aromatic N) is 1. The van der Waals surface area contributed by atoms with Crippen LogP contribution in [0.2, 0.25) is 0 Å². The molecule has 0 heterocycles. The number of halogens is 1. The lowest BCUT2D eigenvalue weighted by atomic mass is 10.1. The van der Waals surface area contributed by atoms with Crippen LogP contribution in [0.1, 0.15) is 18.1 Å². The summed E-state index contributed by atoms with van der Waals surface area (Å²) >= 11 is 0. The summed E-state index contributed by atoms with van der Waals surface area (Å²) in [6, 6.07) is 13.8. The van der Waals surface area contributed by atoms with Gasteiger partial charge >= 0.3 is 0 Å². The molecule has 0 atom stereocenters. The molecule has 138 valence electrons. The summed E-state index contributed by atoms with van der Waals surface area (Å²) in [5, 5.41) is 2.79. The Morgan fingerprint density at radius 3 is 2.62 bits per heavy atom. The Morgan fingerprint density at radius 2 is 1.92 bits per heavy atom. The predicted molar refractivity (Wildman–Crippen MR) is 97.2 cm³/mol. The molecule has 2 amide bonds. The molecule has 0 radical (unpaired) electrons. The third-order valence-corrected chi connectivity index (χ3v) is 3.97. The second-order valence-electron chi connectivity index (χ2n) is 5.92. The van der Waals surface area contributed by atoms with E-state index in [4.69, 9.17) is 4.74 Å². The number of nitrogens with one attached hydrogen (secondary N) is 1. The van der Waals surface area contributed by atoms with Gasteiger partial charge in [0.1, 0.15) is 11.6 Å². The third kappa shape index (κ3) is 5.88. The van der Waals surface area contributed by atoms with Gasteiger partial charge in [-0.25, -0.2) is 4.39 Å². The summed E-state index contributed by atoms with van der Waals surface area (Å²) in [4.78, 5) is 25.2. The Balaban J connectivity index is 1.85. The zero-order chi connectivity index (χ0) is 18.9. The fourth-order valence-corrected chi connectivity index (χ4v) is 2.51. The van der Waals surface area contributed by atoms with Crippen molar-refractivity contribution < 1.29 is 18.7 Å². The molecule has 0 spiro atoms. The van der Waals surface area contributed by atoms with Crippen LogP contribution in [-0.2, 0) is 22.6 Å². The van der Waals surface area contributed by atoms with Crippen molar-refractivity contribution in [2.24, 2.45) is 0 Å². The summed E-state index contributed by atoms with van der Waals surface area (Å²) in [6.07, 6.45) is 0.649. The lowest BCUT2D eigenvalue weighted by Crippen LogP contribution is -2.40. The highest BCUT2D eigenvalue weighted by atomic mass is 19.1. The Kier molecular flexibility index (Phi) is 7.14. The SMILES string of the molecule is COc1cccc(CCNC(=O)CN(Cc2ccccc2F)C(C)=O)c1. The second-order valence-corrected chi connectivity index (χ2v) is 5.92. The second kappa shape index (κ2) is 9.56. The number of amides is 2. The molecule has 6 heteroatoms. The standard InChI is InChI=1S/C20H23FN2O3/c1-15(24)23(13-17-7-3-4-9-19(17)21)14-20(25)22-11-10-16-6-5-8-18(12-16)26-2/h3-9,12H,10-11,13-14H2,1-2H3,(H,22,25). The number of benzene rings is 2. The molecule has 26 heavy (non-hydrogen) atoms. The van der Waals surface area contributed by atoms with Gasteiger partial charge in [0.25, 0.3) is 0 Å². The van der Waals surface area contributed by atoms with E-state index in [0.29, 0.717) is 18.5 Å². The van der Waals surface area contributed by atoms with Gasteiger partial charge in [0.05, 0.1) is 13.7 Å². The number of rotatable bonds is 8. The van der Waals surface area contributed by atoms with Crippen molar-refractivity contribution in [2.45, 2.75) is 19.9 Å². The van der Waals surface area contributed by atoms with Crippen molar-refractivity contribution in [3.63, 3.8) is 0 Å². The highest BCUT2D eigenvalue weighted by Gasteiger charge is 2.15. The lowest BCUT2D eigenvalue weighted by Gasteiger charge is -2.21. The molecule has 0 fully saturated rings. The number of ether oxygens (including phenoxy) is 1. The molecule has 0 unspecified atom stereocenters. The summed E-state index contributed by atoms with van der Waals surface area (Å²) in [6.45, 7) is 1.76. The van der Waals surface area contributed by atoms with Gasteiger partial charge in [0.15, 0.2) is 0 Å². The van der Waals surface area contributed by atoms with Crippen molar-refractivity contribution in [2.75, 3.05) is 20.2 Å². The average molecular weight is 358 g/mol. The summed E-state index contributed by atoms with van der Waals surface area (Å²) in [5.74, 6) is -0.186. The van der Waals surface area contributed by atoms with Crippen molar-refractivity contribution in [3.05, 3.63) is 65.5 Å². The maximum Gasteiger partial charge on any atom is 0.239 e. The van der Waals surface area contributed by atoms with Gasteiger partial charge in [-0.05, 0) is 30.2 Å². The highest BCUT2D eigenvalue weighted by molar-refractivity contribution is 5.83. The molecule has 0 aromatic heterocycles. The van der Waals surface area contributed by atoms with Crippen LogP contribution in [-0.4, -0.2) is 36.9 Å². The summed E-state index contributed by atoms with van der Waals surface area (Å²) in [7, 11) is 1.60. The fraction of sp³-hybridized carbons (Fsp3) is 0.300. The van der Waals surface area contributed by atoms with Gasteiger partial charge in [-0.15, -0.1) is 0 Å². The van der Waals surface area contributed by atoms with E-state index < -0.39 is 5.82 Å². The minimum Gasteiger partial charge on any atom is -0.497 e. The van der Waals surface area contributed by atoms with Gasteiger partial charge in [0.2, 0.25) is 11.8 Å². The van der Waals surface area contributed by atoms with E-state index in [1.54, 1.807) is 25.3 Å². The van der Waals surface area contributed by atoms with Crippen molar-refractivity contribution in [1.82, 2.24) is 10.2 Å². The predicted octanol–water partition coefficient (Wildman–Crippen LogP) is 2.54. The normalized spacial score (nSPS) is 10.3. The molecule has 5 nitrogen and oxygen atoms in total. The zero-order valence-corrected chi connectivity index (χ0v) is 15.0. The molecule has 1 N–H and O–H groups in total. The number of hydrogen-bond acceptors (Lipinski definition) is 3. The van der Waals surface area contributed by atoms with Gasteiger partial charge in [-0.1, -0.05) is 30.3 Å². The van der Waals surface area contributed by atoms with Gasteiger partial charge in [-0.2, -0.15) is 0 Å². The zero-order valence-electron chi connectivity index (χ0n) is 15.0. The van der Waals surface area contributed by atoms with Crippen LogP contribution < -0.4 is 10.1 Å². The molecule has 2 aromatic carbocycles. The third-order valence-electron chi connectivity index (χ3n) is 3.97. The molecule has 0 aliphatic carbocycles. The van der Waals surface area contributed by atoms with E-state index >= 15 is 0 Å². The van der Waals surface area contributed by atoms with Crippen molar-refractivity contribution >= 4 is 11.8 Å². The van der Waals surface area contributed by atoms with E-state index in [2.05, 4.69) is 5.32 Å². The first kappa shape index (κ1) is 19.4. The van der Waals surface area contributed by atoms with Crippen LogP contribution in [0, 0.1) is 5.82 Å². The number of methoxy groups -OCH3 is 1. The van der Waals surface area contributed by atoms with Gasteiger partial charge < -0.3 is 15.0 Å². The van der Waals surface area contributed by atoms with E-state index in [1.807, 2.05) is 24.3 Å². The van der Waals surface area contributed by atoms with Gasteiger partial charge in [-0.3, -0.25) is 9.59 Å². The molecular formula is C20H23FN2O3. The lowest BCUT2D eigenvalue weighted by molar-refractivity contribution is -0.134. The first-order valence-corrected chi connectivity index (χ1v) is 8.38. The molecule has 2 rings (SSSR count). The summed E-state index contributed by atoms with van der Waals surface area (Å²) < 4.78 is 18.9. The monoisotopic (exact) mass is 358 g/mol. The van der Waals surface area contributed by atoms with E-state index in [0.717, 1.165) is 11.3 Å². The molecule has 0 saturated carbocycles. The number of hydrogen-bond donors (Lipinski definition) is 1. The Bertz CT molecular complexity index is 764. The molecular weight excluding hydrogens is 335 g/mol. The highest BCUT2D eigenvalue weighted by Crippen LogP contribution is 2.13. The number of carbonyl (C=O) groups excluding carboxylic acids is 2. The molecule has 0 saturated heterocycles. The number of carbonyl (C=O) groups is 2. The first-order valence-electron chi connectivity index (χ1n) is 8.38. The smallest absolute Gasteiger partial charge is 0.239 e. The van der Waals surface area contributed by atoms with Gasteiger partial charge in [0, 0.05) is 25.6 Å². The van der Waals surface area contributed by atoms with Crippen molar-refractivity contribution in [3.8, 4) is 5.75 Å². The van der Waals surface area contributed by atoms with Crippen LogP contribution in [0.15, 0.2) is 48.5 Å². The van der Waals surface area contributed by atoms with Crippen LogP contribution >= 0.6 is 0 Å². The fourth-order valence-electron chi connectivity index (χ4n) is 2.51. The minimum atomic E-state index is -0.391. The Hall–Kier alpha value is -2.89. The van der Waals surface area contributed by atoms with E-state index in [9.17, 15) is 14.0 Å². The molecule has 0 aliphatic rings. The van der Waals surface area contributed by atoms with Crippen LogP contribution in [0.25, 0.3) is 0 Å². The maximum atomic E-state index is 13.8. The Morgan fingerprint density at radius 1 is 1.15 bits per heavy atom. The largest absolute Gasteiger partial charge is 0.497 e. The van der Waals surface area contributed by atoms with Crippen molar-refractivity contribution in [1.29, 1.82) is 0 Å².